The van der Waals surface area contributed by atoms with Crippen LogP contribution in [0.4, 0.5) is 17.1 Å². The molecule has 3 nitrogen and oxygen atoms in total. The minimum absolute atomic E-state index is 0.212. The van der Waals surface area contributed by atoms with Gasteiger partial charge in [-0.15, -0.1) is 0 Å². The van der Waals surface area contributed by atoms with Crippen molar-refractivity contribution < 1.29 is 9.59 Å². The van der Waals surface area contributed by atoms with Gasteiger partial charge in [-0.05, 0) is 97.9 Å². The summed E-state index contributed by atoms with van der Waals surface area (Å²) in [4.78, 5) is 29.5. The van der Waals surface area contributed by atoms with Gasteiger partial charge in [-0.25, -0.2) is 0 Å². The van der Waals surface area contributed by atoms with Crippen molar-refractivity contribution in [2.75, 3.05) is 4.90 Å². The minimum Gasteiger partial charge on any atom is -0.309 e. The molecule has 0 saturated heterocycles. The number of para-hydroxylation sites is 1. The van der Waals surface area contributed by atoms with Gasteiger partial charge >= 0.3 is 0 Å². The first-order valence-corrected chi connectivity index (χ1v) is 16.5. The fourth-order valence-corrected chi connectivity index (χ4v) is 7.84. The van der Waals surface area contributed by atoms with E-state index in [1.807, 2.05) is 42.5 Å². The molecule has 0 unspecified atom stereocenters. The zero-order valence-electron chi connectivity index (χ0n) is 26.4. The van der Waals surface area contributed by atoms with Gasteiger partial charge in [0.1, 0.15) is 0 Å². The summed E-state index contributed by atoms with van der Waals surface area (Å²) in [6, 6.07) is 54.3. The quantitative estimate of drug-likeness (QED) is 0.144. The van der Waals surface area contributed by atoms with E-state index in [1.165, 1.54) is 21.7 Å². The molecule has 0 amide bonds. The number of anilines is 3. The number of rotatable bonds is 4. The van der Waals surface area contributed by atoms with Gasteiger partial charge in [0, 0.05) is 27.6 Å². The summed E-state index contributed by atoms with van der Waals surface area (Å²) in [7, 11) is 0. The summed E-state index contributed by atoms with van der Waals surface area (Å²) in [5, 5.41) is 6.65. The molecule has 49 heavy (non-hydrogen) atoms. The first-order valence-electron chi connectivity index (χ1n) is 16.5. The third-order valence-corrected chi connectivity index (χ3v) is 10.1. The molecular weight excluding hydrogens is 599 g/mol. The lowest BCUT2D eigenvalue weighted by molar-refractivity contribution is 0.0990. The first-order chi connectivity index (χ1) is 24.1. The summed E-state index contributed by atoms with van der Waals surface area (Å²) in [5.74, 6) is -0.425. The topological polar surface area (TPSA) is 37.4 Å². The van der Waals surface area contributed by atoms with E-state index in [-0.39, 0.29) is 17.1 Å². The number of Topliss-reactive ketones (excluding diaryl/α,β-unsaturated/α-hetero) is 2. The maximum atomic E-state index is 13.5. The molecule has 0 N–H and O–H groups in total. The lowest BCUT2D eigenvalue weighted by atomic mass is 9.99. The molecule has 0 radical (unpaired) electrons. The highest BCUT2D eigenvalue weighted by Gasteiger charge is 2.34. The second-order valence-electron chi connectivity index (χ2n) is 12.8. The molecule has 0 bridgehead atoms. The smallest absolute Gasteiger partial charge is 0.197 e. The second kappa shape index (κ2) is 10.5. The maximum Gasteiger partial charge on any atom is 0.197 e. The van der Waals surface area contributed by atoms with E-state index < -0.39 is 0 Å². The molecule has 0 heterocycles. The van der Waals surface area contributed by atoms with E-state index in [2.05, 4.69) is 120 Å². The Labute approximate surface area is 283 Å². The zero-order chi connectivity index (χ0) is 32.6. The highest BCUT2D eigenvalue weighted by molar-refractivity contribution is 6.42. The van der Waals surface area contributed by atoms with E-state index in [1.54, 1.807) is 6.08 Å². The number of allylic oxidation sites excluding steroid dienone is 1. The summed E-state index contributed by atoms with van der Waals surface area (Å²) < 4.78 is 0. The van der Waals surface area contributed by atoms with Gasteiger partial charge in [-0.2, -0.15) is 0 Å². The van der Waals surface area contributed by atoms with E-state index in [0.717, 1.165) is 55.5 Å². The fraction of sp³-hybridized carbons (Fsp3) is 0. The van der Waals surface area contributed by atoms with Crippen molar-refractivity contribution >= 4 is 67.0 Å². The minimum atomic E-state index is -0.212. The van der Waals surface area contributed by atoms with Crippen LogP contribution in [0.5, 0.6) is 0 Å². The second-order valence-corrected chi connectivity index (χ2v) is 12.8. The highest BCUT2D eigenvalue weighted by Crippen LogP contribution is 2.52. The number of fused-ring (bicyclic) bond motifs is 6. The molecule has 2 aliphatic rings. The van der Waals surface area contributed by atoms with Crippen molar-refractivity contribution in [1.82, 2.24) is 0 Å². The van der Waals surface area contributed by atoms with E-state index in [0.29, 0.717) is 11.1 Å². The Balaban J connectivity index is 1.11. The lowest BCUT2D eigenvalue weighted by Crippen LogP contribution is -2.11. The van der Waals surface area contributed by atoms with Gasteiger partial charge in [0.25, 0.3) is 0 Å². The third kappa shape index (κ3) is 4.09. The van der Waals surface area contributed by atoms with Crippen LogP contribution >= 0.6 is 0 Å². The van der Waals surface area contributed by atoms with Crippen LogP contribution in [-0.2, 0) is 0 Å². The molecule has 10 rings (SSSR count). The Morgan fingerprint density at radius 2 is 1.00 bits per heavy atom. The number of carbonyl (C=O) groups is 2. The molecule has 3 heteroatoms. The van der Waals surface area contributed by atoms with Crippen molar-refractivity contribution in [3.63, 3.8) is 0 Å². The SMILES string of the molecule is O=C1C(=Cc2ccc3c(c2)-c2cccc4c(N(c5ccccc5)c5cccc6ccccc56)ccc-3c24)C(=O)c2cc3ccccc3cc21. The normalized spacial score (nSPS) is 12.9. The first kappa shape index (κ1) is 27.5. The number of hydrogen-bond donors (Lipinski definition) is 0. The number of hydrogen-bond acceptors (Lipinski definition) is 3. The molecular formula is C46H27NO2. The standard InChI is InChI=1S/C46H27NO2/c48-45-39-26-30-11-4-5-12-31(30)27-40(39)46(49)41(45)25-28-20-21-34-36-22-23-43(37-18-9-17-35(44(36)37)38(34)24-28)47(32-14-2-1-3-15-32)42-19-8-13-29-10-6-7-16-33(29)42/h1-27H. The van der Waals surface area contributed by atoms with Crippen LogP contribution in [0.3, 0.4) is 0 Å². The van der Waals surface area contributed by atoms with Crippen LogP contribution in [0.2, 0.25) is 0 Å². The monoisotopic (exact) mass is 625 g/mol. The number of benzene rings is 8. The average Bonchev–Trinajstić information content (AvgIpc) is 3.59. The fourth-order valence-electron chi connectivity index (χ4n) is 7.84. The summed E-state index contributed by atoms with van der Waals surface area (Å²) >= 11 is 0. The predicted molar refractivity (Wildman–Crippen MR) is 201 cm³/mol. The van der Waals surface area contributed by atoms with Crippen LogP contribution in [0, 0.1) is 0 Å². The Morgan fingerprint density at radius 1 is 0.408 bits per heavy atom. The number of nitrogens with zero attached hydrogens (tertiary/aromatic N) is 1. The Hall–Kier alpha value is -6.58. The van der Waals surface area contributed by atoms with Gasteiger partial charge in [-0.3, -0.25) is 9.59 Å². The summed E-state index contributed by atoms with van der Waals surface area (Å²) in [6.45, 7) is 0. The van der Waals surface area contributed by atoms with E-state index in [4.69, 9.17) is 0 Å². The lowest BCUT2D eigenvalue weighted by Gasteiger charge is -2.28. The van der Waals surface area contributed by atoms with Crippen molar-refractivity contribution in [2.45, 2.75) is 0 Å². The molecule has 0 aromatic heterocycles. The van der Waals surface area contributed by atoms with Crippen LogP contribution < -0.4 is 4.90 Å². The van der Waals surface area contributed by atoms with Gasteiger partial charge < -0.3 is 4.90 Å². The third-order valence-electron chi connectivity index (χ3n) is 10.1. The molecule has 8 aromatic carbocycles. The number of carbonyl (C=O) groups excluding carboxylic acids is 2. The summed E-state index contributed by atoms with van der Waals surface area (Å²) in [6.07, 6.45) is 1.77. The van der Waals surface area contributed by atoms with Crippen LogP contribution in [-0.4, -0.2) is 11.6 Å². The molecule has 0 aliphatic heterocycles. The van der Waals surface area contributed by atoms with Crippen molar-refractivity contribution in [3.05, 3.63) is 180 Å². The molecule has 2 aliphatic carbocycles. The van der Waals surface area contributed by atoms with Crippen molar-refractivity contribution in [2.24, 2.45) is 0 Å². The molecule has 0 atom stereocenters. The molecule has 228 valence electrons. The van der Waals surface area contributed by atoms with E-state index in [9.17, 15) is 9.59 Å². The van der Waals surface area contributed by atoms with Crippen LogP contribution in [0.15, 0.2) is 163 Å². The Bertz CT molecular complexity index is 2690. The Kier molecular flexibility index (Phi) is 5.88. The predicted octanol–water partition coefficient (Wildman–Crippen LogP) is 11.7. The maximum absolute atomic E-state index is 13.5. The molecule has 0 spiro atoms. The molecule has 8 aromatic rings. The average molecular weight is 626 g/mol. The van der Waals surface area contributed by atoms with Crippen molar-refractivity contribution in [3.8, 4) is 22.3 Å². The zero-order valence-corrected chi connectivity index (χ0v) is 26.4. The highest BCUT2D eigenvalue weighted by atomic mass is 16.2. The van der Waals surface area contributed by atoms with Gasteiger partial charge in [0.05, 0.1) is 16.9 Å². The van der Waals surface area contributed by atoms with Gasteiger partial charge in [0.15, 0.2) is 11.6 Å². The largest absolute Gasteiger partial charge is 0.309 e. The van der Waals surface area contributed by atoms with Crippen molar-refractivity contribution in [1.29, 1.82) is 0 Å². The summed E-state index contributed by atoms with van der Waals surface area (Å²) in [5.41, 5.74) is 9.90. The molecule has 0 saturated carbocycles. The van der Waals surface area contributed by atoms with E-state index >= 15 is 0 Å². The van der Waals surface area contributed by atoms with Gasteiger partial charge in [0.2, 0.25) is 0 Å². The van der Waals surface area contributed by atoms with Crippen LogP contribution in [0.25, 0.3) is 60.6 Å². The van der Waals surface area contributed by atoms with Gasteiger partial charge in [-0.1, -0.05) is 115 Å². The van der Waals surface area contributed by atoms with Crippen LogP contribution in [0.1, 0.15) is 26.3 Å². The molecule has 0 fully saturated rings. The Morgan fingerprint density at radius 3 is 1.78 bits per heavy atom. The number of ketones is 2.